The summed E-state index contributed by atoms with van der Waals surface area (Å²) in [5, 5.41) is 1.79. The molecule has 0 bridgehead atoms. The van der Waals surface area contributed by atoms with E-state index >= 15 is 0 Å². The van der Waals surface area contributed by atoms with Gasteiger partial charge < -0.3 is 0 Å². The van der Waals surface area contributed by atoms with Crippen molar-refractivity contribution in [2.45, 2.75) is 24.1 Å². The number of aryl methyl sites for hydroxylation is 1. The van der Waals surface area contributed by atoms with Crippen molar-refractivity contribution in [3.8, 4) is 0 Å². The lowest BCUT2D eigenvalue weighted by Crippen LogP contribution is -2.07. The van der Waals surface area contributed by atoms with Crippen LogP contribution in [-0.2, 0) is 16.3 Å². The van der Waals surface area contributed by atoms with Crippen LogP contribution in [0.4, 0.5) is 0 Å². The minimum absolute atomic E-state index is 0.0904. The molecule has 0 radical (unpaired) electrons. The van der Waals surface area contributed by atoms with Crippen LogP contribution >= 0.6 is 22.9 Å². The van der Waals surface area contributed by atoms with E-state index in [0.29, 0.717) is 12.3 Å². The maximum Gasteiger partial charge on any atom is 0.209 e. The Morgan fingerprint density at radius 1 is 1.57 bits per heavy atom. The van der Waals surface area contributed by atoms with Crippen LogP contribution in [-0.4, -0.2) is 25.0 Å². The Labute approximate surface area is 93.0 Å². The highest BCUT2D eigenvalue weighted by atomic mass is 35.5. The number of hydrogen-bond donors (Lipinski definition) is 0. The maximum atomic E-state index is 11.6. The lowest BCUT2D eigenvalue weighted by molar-refractivity contribution is 0.593. The normalized spacial score (nSPS) is 11.9. The van der Waals surface area contributed by atoms with E-state index in [1.54, 1.807) is 5.38 Å². The Bertz CT molecular complexity index is 386. The molecular weight excluding hydrogens is 242 g/mol. The fourth-order valence-electron chi connectivity index (χ4n) is 0.926. The van der Waals surface area contributed by atoms with Crippen LogP contribution in [0, 0.1) is 0 Å². The Hall–Kier alpha value is -0.130. The molecule has 0 fully saturated rings. The van der Waals surface area contributed by atoms with Gasteiger partial charge in [0.05, 0.1) is 11.4 Å². The maximum absolute atomic E-state index is 11.6. The van der Waals surface area contributed by atoms with Gasteiger partial charge in [-0.2, -0.15) is 0 Å². The largest absolute Gasteiger partial charge is 0.230 e. The third-order valence-electron chi connectivity index (χ3n) is 1.71. The summed E-state index contributed by atoms with van der Waals surface area (Å²) in [4.78, 5) is 4.04. The molecule has 14 heavy (non-hydrogen) atoms. The number of thiazole rings is 1. The van der Waals surface area contributed by atoms with E-state index < -0.39 is 9.84 Å². The van der Waals surface area contributed by atoms with Gasteiger partial charge in [-0.3, -0.25) is 0 Å². The van der Waals surface area contributed by atoms with Crippen molar-refractivity contribution in [3.05, 3.63) is 11.1 Å². The first kappa shape index (κ1) is 11.9. The Balaban J connectivity index is 2.81. The van der Waals surface area contributed by atoms with Gasteiger partial charge in [-0.25, -0.2) is 13.4 Å². The van der Waals surface area contributed by atoms with Crippen molar-refractivity contribution < 1.29 is 8.42 Å². The van der Waals surface area contributed by atoms with Crippen LogP contribution in [0.15, 0.2) is 9.72 Å². The second-order valence-corrected chi connectivity index (χ2v) is 6.34. The first-order valence-corrected chi connectivity index (χ1v) is 7.40. The predicted molar refractivity (Wildman–Crippen MR) is 58.9 cm³/mol. The van der Waals surface area contributed by atoms with Crippen molar-refractivity contribution >= 4 is 32.8 Å². The van der Waals surface area contributed by atoms with Crippen molar-refractivity contribution in [1.82, 2.24) is 4.98 Å². The highest BCUT2D eigenvalue weighted by Crippen LogP contribution is 2.18. The first-order valence-electron chi connectivity index (χ1n) is 4.33. The molecule has 0 atom stereocenters. The molecule has 0 unspecified atom stereocenters. The quantitative estimate of drug-likeness (QED) is 0.755. The second kappa shape index (κ2) is 5.09. The molecule has 1 heterocycles. The van der Waals surface area contributed by atoms with Crippen LogP contribution in [0.5, 0.6) is 0 Å². The van der Waals surface area contributed by atoms with Gasteiger partial charge in [-0.05, 0) is 12.8 Å². The molecule has 0 spiro atoms. The number of hydrogen-bond acceptors (Lipinski definition) is 4. The van der Waals surface area contributed by atoms with Gasteiger partial charge in [0, 0.05) is 11.3 Å². The molecule has 0 aliphatic heterocycles. The summed E-state index contributed by atoms with van der Waals surface area (Å²) in [7, 11) is -3.19. The number of rotatable bonds is 5. The van der Waals surface area contributed by atoms with Gasteiger partial charge >= 0.3 is 0 Å². The fraction of sp³-hybridized carbons (Fsp3) is 0.625. The molecule has 6 heteroatoms. The van der Waals surface area contributed by atoms with E-state index in [-0.39, 0.29) is 10.1 Å². The molecular formula is C8H12ClNO2S2. The number of sulfone groups is 1. The van der Waals surface area contributed by atoms with Crippen LogP contribution in [0.3, 0.4) is 0 Å². The lowest BCUT2D eigenvalue weighted by atomic mass is 10.4. The van der Waals surface area contributed by atoms with Gasteiger partial charge in [0.1, 0.15) is 0 Å². The summed E-state index contributed by atoms with van der Waals surface area (Å²) in [6.45, 7) is 1.95. The molecule has 0 aliphatic carbocycles. The van der Waals surface area contributed by atoms with Gasteiger partial charge in [-0.15, -0.1) is 22.9 Å². The van der Waals surface area contributed by atoms with Crippen LogP contribution in [0.1, 0.15) is 19.0 Å². The van der Waals surface area contributed by atoms with E-state index in [4.69, 9.17) is 11.6 Å². The first-order chi connectivity index (χ1) is 6.60. The molecule has 0 aromatic carbocycles. The summed E-state index contributed by atoms with van der Waals surface area (Å²) < 4.78 is 23.4. The molecule has 0 amide bonds. The zero-order valence-corrected chi connectivity index (χ0v) is 10.3. The third-order valence-corrected chi connectivity index (χ3v) is 5.16. The van der Waals surface area contributed by atoms with Crippen molar-refractivity contribution in [1.29, 1.82) is 0 Å². The minimum atomic E-state index is -3.19. The summed E-state index contributed by atoms with van der Waals surface area (Å²) in [5.41, 5.74) is 0.833. The van der Waals surface area contributed by atoms with E-state index in [1.807, 2.05) is 6.92 Å². The second-order valence-electron chi connectivity index (χ2n) is 2.82. The molecule has 0 saturated carbocycles. The van der Waals surface area contributed by atoms with Crippen molar-refractivity contribution in [2.24, 2.45) is 0 Å². The number of aromatic nitrogens is 1. The highest BCUT2D eigenvalue weighted by Gasteiger charge is 2.17. The smallest absolute Gasteiger partial charge is 0.209 e. The van der Waals surface area contributed by atoms with Gasteiger partial charge in [0.2, 0.25) is 14.2 Å². The van der Waals surface area contributed by atoms with Crippen LogP contribution < -0.4 is 0 Å². The van der Waals surface area contributed by atoms with E-state index in [9.17, 15) is 8.42 Å². The topological polar surface area (TPSA) is 47.0 Å². The number of alkyl halides is 1. The van der Waals surface area contributed by atoms with Crippen LogP contribution in [0.2, 0.25) is 0 Å². The molecule has 3 nitrogen and oxygen atoms in total. The average molecular weight is 254 g/mol. The molecule has 0 saturated heterocycles. The Kier molecular flexibility index (Phi) is 4.34. The monoisotopic (exact) mass is 253 g/mol. The van der Waals surface area contributed by atoms with Gasteiger partial charge in [0.15, 0.2) is 0 Å². The van der Waals surface area contributed by atoms with Crippen molar-refractivity contribution in [3.63, 3.8) is 0 Å². The van der Waals surface area contributed by atoms with E-state index in [1.165, 1.54) is 11.3 Å². The van der Waals surface area contributed by atoms with E-state index in [2.05, 4.69) is 4.98 Å². The fourth-order valence-corrected chi connectivity index (χ4v) is 3.78. The van der Waals surface area contributed by atoms with Crippen LogP contribution in [0.25, 0.3) is 0 Å². The van der Waals surface area contributed by atoms with Crippen molar-refractivity contribution in [2.75, 3.05) is 11.6 Å². The minimum Gasteiger partial charge on any atom is -0.230 e. The standard InChI is InChI=1S/C8H12ClNO2S2/c1-2-7-6-13-8(10-7)14(11,12)5-3-4-9/h6H,2-5H2,1H3. The molecule has 1 rings (SSSR count). The van der Waals surface area contributed by atoms with E-state index in [0.717, 1.165) is 12.1 Å². The lowest BCUT2D eigenvalue weighted by Gasteiger charge is -1.97. The summed E-state index contributed by atoms with van der Waals surface area (Å²) in [5.74, 6) is 0.457. The Morgan fingerprint density at radius 3 is 2.79 bits per heavy atom. The average Bonchev–Trinajstić information content (AvgIpc) is 2.63. The summed E-state index contributed by atoms with van der Waals surface area (Å²) in [6, 6.07) is 0. The third kappa shape index (κ3) is 2.93. The predicted octanol–water partition coefficient (Wildman–Crippen LogP) is 2.11. The summed E-state index contributed by atoms with van der Waals surface area (Å²) in [6.07, 6.45) is 1.24. The summed E-state index contributed by atoms with van der Waals surface area (Å²) >= 11 is 6.64. The molecule has 1 aromatic rings. The molecule has 0 N–H and O–H groups in total. The van der Waals surface area contributed by atoms with Gasteiger partial charge in [0.25, 0.3) is 0 Å². The highest BCUT2D eigenvalue weighted by molar-refractivity contribution is 7.93. The molecule has 80 valence electrons. The van der Waals surface area contributed by atoms with Gasteiger partial charge in [-0.1, -0.05) is 6.92 Å². The zero-order valence-electron chi connectivity index (χ0n) is 7.86. The SMILES string of the molecule is CCc1csc(S(=O)(=O)CCCCl)n1. The number of nitrogens with zero attached hydrogens (tertiary/aromatic N) is 1. The Morgan fingerprint density at radius 2 is 2.29 bits per heavy atom. The molecule has 1 aromatic heterocycles. The zero-order chi connectivity index (χ0) is 10.6. The molecule has 0 aliphatic rings. The number of halogens is 1.